The van der Waals surface area contributed by atoms with E-state index in [2.05, 4.69) is 101 Å². The van der Waals surface area contributed by atoms with Gasteiger partial charge in [0.1, 0.15) is 7.05 Å². The van der Waals surface area contributed by atoms with Crippen molar-refractivity contribution in [3.05, 3.63) is 77.0 Å². The molecule has 0 spiro atoms. The molecule has 3 aromatic rings. The largest absolute Gasteiger partial charge is 0.212 e. The smallest absolute Gasteiger partial charge is 0.201 e. The first-order valence-corrected chi connectivity index (χ1v) is 9.57. The van der Waals surface area contributed by atoms with E-state index in [1.807, 2.05) is 0 Å². The number of aromatic nitrogens is 1. The van der Waals surface area contributed by atoms with Crippen LogP contribution in [-0.4, -0.2) is 0 Å². The van der Waals surface area contributed by atoms with E-state index in [0.717, 1.165) is 0 Å². The summed E-state index contributed by atoms with van der Waals surface area (Å²) in [7, 11) is 2.14. The number of pyridine rings is 1. The zero-order chi connectivity index (χ0) is 18.6. The molecule has 0 aliphatic heterocycles. The van der Waals surface area contributed by atoms with Gasteiger partial charge in [-0.2, -0.15) is 0 Å². The molecule has 0 saturated carbocycles. The molecule has 0 unspecified atom stereocenters. The van der Waals surface area contributed by atoms with Crippen LogP contribution < -0.4 is 4.57 Å². The number of fused-ring (bicyclic) bond motifs is 3. The third kappa shape index (κ3) is 2.26. The minimum Gasteiger partial charge on any atom is -0.201 e. The summed E-state index contributed by atoms with van der Waals surface area (Å²) < 4.78 is 2.24. The van der Waals surface area contributed by atoms with E-state index >= 15 is 0 Å². The predicted octanol–water partition coefficient (Wildman–Crippen LogP) is 5.92. The van der Waals surface area contributed by atoms with Crippen molar-refractivity contribution in [2.45, 2.75) is 46.0 Å². The number of benzene rings is 2. The first-order valence-electron chi connectivity index (χ1n) is 9.57. The molecule has 0 bridgehead atoms. The summed E-state index contributed by atoms with van der Waals surface area (Å²) in [5.41, 5.74) is 11.3. The second kappa shape index (κ2) is 5.81. The van der Waals surface area contributed by atoms with Crippen molar-refractivity contribution in [3.63, 3.8) is 0 Å². The average Bonchev–Trinajstić information content (AvgIpc) is 2.84. The topological polar surface area (TPSA) is 3.88 Å². The van der Waals surface area contributed by atoms with E-state index in [9.17, 15) is 0 Å². The van der Waals surface area contributed by atoms with Crippen molar-refractivity contribution < 1.29 is 4.57 Å². The maximum Gasteiger partial charge on any atom is 0.212 e. The molecule has 1 aliphatic rings. The van der Waals surface area contributed by atoms with Crippen molar-refractivity contribution in [1.29, 1.82) is 0 Å². The summed E-state index contributed by atoms with van der Waals surface area (Å²) >= 11 is 0. The van der Waals surface area contributed by atoms with Crippen LogP contribution in [0.5, 0.6) is 0 Å². The van der Waals surface area contributed by atoms with Crippen LogP contribution in [0.4, 0.5) is 0 Å². The van der Waals surface area contributed by atoms with Crippen LogP contribution >= 0.6 is 0 Å². The van der Waals surface area contributed by atoms with Crippen molar-refractivity contribution in [2.75, 3.05) is 0 Å². The van der Waals surface area contributed by atoms with Gasteiger partial charge in [-0.15, -0.1) is 0 Å². The number of rotatable bonds is 2. The molecular weight excluding hydrogens is 314 g/mol. The van der Waals surface area contributed by atoms with Gasteiger partial charge in [0.25, 0.3) is 0 Å². The van der Waals surface area contributed by atoms with Crippen LogP contribution in [0.15, 0.2) is 54.7 Å². The molecule has 1 nitrogen and oxygen atoms in total. The standard InChI is InChI=1S/C25H28N/c1-16(2)18-10-9-11-19-20-14-13-17(3)22(21-12-7-8-15-26(21)6)24(20)25(4,5)23(18)19/h7-16H,1-6H3/q+1. The molecule has 0 saturated heterocycles. The van der Waals surface area contributed by atoms with E-state index < -0.39 is 0 Å². The van der Waals surface area contributed by atoms with Gasteiger partial charge >= 0.3 is 0 Å². The predicted molar refractivity (Wildman–Crippen MR) is 109 cm³/mol. The molecule has 1 heteroatoms. The third-order valence-corrected chi connectivity index (χ3v) is 5.98. The molecule has 4 rings (SSSR count). The van der Waals surface area contributed by atoms with Crippen LogP contribution in [0, 0.1) is 6.92 Å². The van der Waals surface area contributed by atoms with E-state index in [0.29, 0.717) is 5.92 Å². The Kier molecular flexibility index (Phi) is 3.80. The zero-order valence-corrected chi connectivity index (χ0v) is 16.7. The highest BCUT2D eigenvalue weighted by Gasteiger charge is 2.41. The summed E-state index contributed by atoms with van der Waals surface area (Å²) in [4.78, 5) is 0. The van der Waals surface area contributed by atoms with Crippen LogP contribution in [0.3, 0.4) is 0 Å². The van der Waals surface area contributed by atoms with Crippen LogP contribution in [-0.2, 0) is 12.5 Å². The van der Waals surface area contributed by atoms with Gasteiger partial charge in [0.15, 0.2) is 6.20 Å². The molecule has 0 atom stereocenters. The molecule has 0 N–H and O–H groups in total. The quantitative estimate of drug-likeness (QED) is 0.509. The first-order chi connectivity index (χ1) is 12.3. The average molecular weight is 343 g/mol. The van der Waals surface area contributed by atoms with Gasteiger partial charge in [-0.3, -0.25) is 0 Å². The van der Waals surface area contributed by atoms with Crippen LogP contribution in [0.25, 0.3) is 22.4 Å². The Hall–Kier alpha value is -2.41. The van der Waals surface area contributed by atoms with Crippen LogP contribution in [0.1, 0.15) is 55.9 Å². The summed E-state index contributed by atoms with van der Waals surface area (Å²) in [5.74, 6) is 0.524. The second-order valence-electron chi connectivity index (χ2n) is 8.43. The highest BCUT2D eigenvalue weighted by atomic mass is 14.9. The van der Waals surface area contributed by atoms with Gasteiger partial charge in [-0.25, -0.2) is 4.57 Å². The van der Waals surface area contributed by atoms with Gasteiger partial charge in [0.2, 0.25) is 5.69 Å². The lowest BCUT2D eigenvalue weighted by Gasteiger charge is -2.27. The molecule has 1 heterocycles. The SMILES string of the molecule is Cc1ccc2c(c1-c1cccc[n+]1C)C(C)(C)c1c-2cccc1C(C)C. The normalized spacial score (nSPS) is 14.4. The summed E-state index contributed by atoms with van der Waals surface area (Å²) in [5, 5.41) is 0. The molecule has 0 fully saturated rings. The highest BCUT2D eigenvalue weighted by molar-refractivity contribution is 5.89. The van der Waals surface area contributed by atoms with Crippen molar-refractivity contribution in [2.24, 2.45) is 7.05 Å². The maximum absolute atomic E-state index is 2.40. The maximum atomic E-state index is 2.40. The van der Waals surface area contributed by atoms with Gasteiger partial charge in [0.05, 0.1) is 5.56 Å². The van der Waals surface area contributed by atoms with Gasteiger partial charge < -0.3 is 0 Å². The lowest BCUT2D eigenvalue weighted by Crippen LogP contribution is -2.31. The lowest BCUT2D eigenvalue weighted by atomic mass is 9.75. The zero-order valence-electron chi connectivity index (χ0n) is 16.7. The Labute approximate surface area is 157 Å². The summed E-state index contributed by atoms with van der Waals surface area (Å²) in [6, 6.07) is 17.9. The molecule has 2 aromatic carbocycles. The molecule has 1 aromatic heterocycles. The van der Waals surface area contributed by atoms with Crippen molar-refractivity contribution in [1.82, 2.24) is 0 Å². The second-order valence-corrected chi connectivity index (χ2v) is 8.43. The van der Waals surface area contributed by atoms with E-state index in [1.54, 1.807) is 0 Å². The van der Waals surface area contributed by atoms with Gasteiger partial charge in [-0.1, -0.05) is 58.0 Å². The van der Waals surface area contributed by atoms with E-state index in [-0.39, 0.29) is 5.41 Å². The molecule has 132 valence electrons. The number of hydrogen-bond acceptors (Lipinski definition) is 0. The van der Waals surface area contributed by atoms with Crippen LogP contribution in [0.2, 0.25) is 0 Å². The Morgan fingerprint density at radius 2 is 1.58 bits per heavy atom. The van der Waals surface area contributed by atoms with E-state index in [4.69, 9.17) is 0 Å². The Morgan fingerprint density at radius 1 is 0.846 bits per heavy atom. The highest BCUT2D eigenvalue weighted by Crippen LogP contribution is 2.54. The third-order valence-electron chi connectivity index (χ3n) is 5.98. The fourth-order valence-corrected chi connectivity index (χ4v) is 4.79. The van der Waals surface area contributed by atoms with Crippen molar-refractivity contribution in [3.8, 4) is 22.4 Å². The molecular formula is C25H28N+. The minimum absolute atomic E-state index is 0.00424. The lowest BCUT2D eigenvalue weighted by molar-refractivity contribution is -0.660. The first kappa shape index (κ1) is 17.0. The van der Waals surface area contributed by atoms with Crippen molar-refractivity contribution >= 4 is 0 Å². The van der Waals surface area contributed by atoms with E-state index in [1.165, 1.54) is 44.6 Å². The Balaban J connectivity index is 2.11. The molecule has 0 amide bonds. The molecule has 1 aliphatic carbocycles. The Morgan fingerprint density at radius 3 is 2.27 bits per heavy atom. The summed E-state index contributed by atoms with van der Waals surface area (Å²) in [6.07, 6.45) is 2.14. The fraction of sp³-hybridized carbons (Fsp3) is 0.320. The fourth-order valence-electron chi connectivity index (χ4n) is 4.79. The molecule has 0 radical (unpaired) electrons. The van der Waals surface area contributed by atoms with Gasteiger partial charge in [0, 0.05) is 17.5 Å². The Bertz CT molecular complexity index is 1010. The molecule has 26 heavy (non-hydrogen) atoms. The monoisotopic (exact) mass is 342 g/mol. The van der Waals surface area contributed by atoms with Gasteiger partial charge in [-0.05, 0) is 52.3 Å². The number of nitrogens with zero attached hydrogens (tertiary/aromatic N) is 1. The summed E-state index contributed by atoms with van der Waals surface area (Å²) in [6.45, 7) is 11.6. The minimum atomic E-state index is -0.00424. The number of hydrogen-bond donors (Lipinski definition) is 0. The number of aryl methyl sites for hydroxylation is 2.